The van der Waals surface area contributed by atoms with Gasteiger partial charge in [0, 0.05) is 43.5 Å². The molecule has 6 heteroatoms. The summed E-state index contributed by atoms with van der Waals surface area (Å²) in [5.74, 6) is 0.638. The van der Waals surface area contributed by atoms with Gasteiger partial charge < -0.3 is 9.84 Å². The van der Waals surface area contributed by atoms with Gasteiger partial charge in [-0.25, -0.2) is 4.98 Å². The summed E-state index contributed by atoms with van der Waals surface area (Å²) in [6.45, 7) is 8.23. The molecule has 0 amide bonds. The molecule has 0 bridgehead atoms. The van der Waals surface area contributed by atoms with E-state index in [0.717, 1.165) is 37.1 Å². The number of hydrogen-bond donors (Lipinski definition) is 1. The summed E-state index contributed by atoms with van der Waals surface area (Å²) in [6, 6.07) is 6.48. The van der Waals surface area contributed by atoms with Crippen LogP contribution in [0.15, 0.2) is 35.7 Å². The maximum atomic E-state index is 10.3. The number of imidazole rings is 1. The van der Waals surface area contributed by atoms with Crippen LogP contribution in [-0.4, -0.2) is 64.3 Å². The molecule has 1 N–H and O–H groups in total. The van der Waals surface area contributed by atoms with Gasteiger partial charge in [0.05, 0.1) is 19.3 Å². The molecule has 1 aromatic heterocycles. The number of nitrogens with zero attached hydrogens (tertiary/aromatic N) is 3. The molecule has 1 aliphatic heterocycles. The van der Waals surface area contributed by atoms with E-state index in [9.17, 15) is 5.11 Å². The van der Waals surface area contributed by atoms with E-state index >= 15 is 0 Å². The number of aliphatic hydroxyl groups is 1. The van der Waals surface area contributed by atoms with E-state index in [1.54, 1.807) is 11.8 Å². The Bertz CT molecular complexity index is 648. The van der Waals surface area contributed by atoms with Gasteiger partial charge in [-0.2, -0.15) is 0 Å². The molecule has 24 heavy (non-hydrogen) atoms. The molecule has 2 heterocycles. The summed E-state index contributed by atoms with van der Waals surface area (Å²) in [4.78, 5) is 6.71. The predicted octanol–water partition coefficient (Wildman–Crippen LogP) is 2.27. The lowest BCUT2D eigenvalue weighted by atomic mass is 10.1. The largest absolute Gasteiger partial charge is 0.391 e. The topological polar surface area (TPSA) is 50.5 Å². The first kappa shape index (κ1) is 17.5. The summed E-state index contributed by atoms with van der Waals surface area (Å²) in [6.07, 6.45) is 3.43. The van der Waals surface area contributed by atoms with E-state index in [2.05, 4.69) is 46.5 Å². The van der Waals surface area contributed by atoms with E-state index in [-0.39, 0.29) is 6.10 Å². The van der Waals surface area contributed by atoms with Gasteiger partial charge in [0.15, 0.2) is 5.16 Å². The molecule has 2 aromatic rings. The highest BCUT2D eigenvalue weighted by atomic mass is 32.2. The Morgan fingerprint density at radius 3 is 2.62 bits per heavy atom. The predicted molar refractivity (Wildman–Crippen MR) is 97.0 cm³/mol. The van der Waals surface area contributed by atoms with Gasteiger partial charge in [-0.1, -0.05) is 17.8 Å². The second-order valence-electron chi connectivity index (χ2n) is 6.30. The Morgan fingerprint density at radius 1 is 1.21 bits per heavy atom. The zero-order valence-electron chi connectivity index (χ0n) is 14.3. The van der Waals surface area contributed by atoms with Crippen LogP contribution in [0.1, 0.15) is 11.1 Å². The third-order valence-corrected chi connectivity index (χ3v) is 5.18. The second kappa shape index (κ2) is 8.16. The lowest BCUT2D eigenvalue weighted by Crippen LogP contribution is -2.41. The van der Waals surface area contributed by atoms with E-state index in [1.165, 1.54) is 11.1 Å². The molecule has 1 atom stereocenters. The number of thioether (sulfide) groups is 1. The summed E-state index contributed by atoms with van der Waals surface area (Å²) < 4.78 is 7.43. The smallest absolute Gasteiger partial charge is 0.172 e. The average Bonchev–Trinajstić information content (AvgIpc) is 3.01. The van der Waals surface area contributed by atoms with Crippen LogP contribution >= 0.6 is 11.8 Å². The second-order valence-corrected chi connectivity index (χ2v) is 7.29. The highest BCUT2D eigenvalue weighted by Gasteiger charge is 2.16. The van der Waals surface area contributed by atoms with Crippen molar-refractivity contribution in [3.8, 4) is 5.69 Å². The lowest BCUT2D eigenvalue weighted by Gasteiger charge is -2.28. The normalized spacial score (nSPS) is 17.1. The first-order valence-electron chi connectivity index (χ1n) is 8.35. The minimum Gasteiger partial charge on any atom is -0.391 e. The summed E-state index contributed by atoms with van der Waals surface area (Å²) in [5, 5.41) is 11.2. The van der Waals surface area contributed by atoms with Crippen molar-refractivity contribution >= 4 is 11.8 Å². The van der Waals surface area contributed by atoms with E-state index in [4.69, 9.17) is 4.74 Å². The van der Waals surface area contributed by atoms with E-state index < -0.39 is 0 Å². The van der Waals surface area contributed by atoms with Crippen LogP contribution < -0.4 is 0 Å². The Balaban J connectivity index is 1.61. The quantitative estimate of drug-likeness (QED) is 0.813. The van der Waals surface area contributed by atoms with Crippen LogP contribution in [0, 0.1) is 13.8 Å². The number of hydrogen-bond acceptors (Lipinski definition) is 5. The number of ether oxygens (including phenoxy) is 1. The highest BCUT2D eigenvalue weighted by Crippen LogP contribution is 2.23. The molecule has 5 nitrogen and oxygen atoms in total. The molecule has 1 unspecified atom stereocenters. The number of aliphatic hydroxyl groups excluding tert-OH is 1. The van der Waals surface area contributed by atoms with Crippen molar-refractivity contribution in [1.82, 2.24) is 14.5 Å². The molecule has 1 fully saturated rings. The lowest BCUT2D eigenvalue weighted by molar-refractivity contribution is 0.0188. The molecule has 130 valence electrons. The highest BCUT2D eigenvalue weighted by molar-refractivity contribution is 7.99. The third-order valence-electron chi connectivity index (χ3n) is 4.07. The van der Waals surface area contributed by atoms with Gasteiger partial charge in [-0.3, -0.25) is 9.47 Å². The summed E-state index contributed by atoms with van der Waals surface area (Å²) in [5.41, 5.74) is 3.60. The zero-order chi connectivity index (χ0) is 16.9. The first-order chi connectivity index (χ1) is 11.6. The standard InChI is InChI=1S/C18H25N3O2S/c1-14-9-15(2)11-16(10-14)21-4-3-19-18(21)24-13-17(22)12-20-5-7-23-8-6-20/h3-4,9-11,17,22H,5-8,12-13H2,1-2H3. The fourth-order valence-corrected chi connectivity index (χ4v) is 3.88. The maximum Gasteiger partial charge on any atom is 0.172 e. The number of aromatic nitrogens is 2. The zero-order valence-corrected chi connectivity index (χ0v) is 15.1. The fourth-order valence-electron chi connectivity index (χ4n) is 2.99. The number of benzene rings is 1. The van der Waals surface area contributed by atoms with Crippen molar-refractivity contribution in [2.24, 2.45) is 0 Å². The van der Waals surface area contributed by atoms with Crippen LogP contribution in [0.25, 0.3) is 5.69 Å². The van der Waals surface area contributed by atoms with E-state index in [0.29, 0.717) is 12.3 Å². The van der Waals surface area contributed by atoms with Gasteiger partial charge in [0.25, 0.3) is 0 Å². The van der Waals surface area contributed by atoms with Gasteiger partial charge in [-0.15, -0.1) is 0 Å². The van der Waals surface area contributed by atoms with Crippen molar-refractivity contribution < 1.29 is 9.84 Å². The molecule has 0 saturated carbocycles. The Kier molecular flexibility index (Phi) is 5.94. The fraction of sp³-hybridized carbons (Fsp3) is 0.500. The summed E-state index contributed by atoms with van der Waals surface area (Å²) in [7, 11) is 0. The third kappa shape index (κ3) is 4.60. The van der Waals surface area contributed by atoms with Crippen LogP contribution in [0.5, 0.6) is 0 Å². The number of morpholine rings is 1. The van der Waals surface area contributed by atoms with Crippen molar-refractivity contribution in [3.05, 3.63) is 41.7 Å². The minimum absolute atomic E-state index is 0.363. The van der Waals surface area contributed by atoms with Gasteiger partial charge in [-0.05, 0) is 37.1 Å². The van der Waals surface area contributed by atoms with Gasteiger partial charge in [0.1, 0.15) is 0 Å². The van der Waals surface area contributed by atoms with Crippen LogP contribution in [-0.2, 0) is 4.74 Å². The molecular formula is C18H25N3O2S. The minimum atomic E-state index is -0.363. The van der Waals surface area contributed by atoms with Crippen molar-refractivity contribution in [1.29, 1.82) is 0 Å². The Hall–Kier alpha value is -1.34. The molecule has 1 aromatic carbocycles. The molecule has 3 rings (SSSR count). The van der Waals surface area contributed by atoms with Crippen LogP contribution in [0.3, 0.4) is 0 Å². The SMILES string of the molecule is Cc1cc(C)cc(-n2ccnc2SCC(O)CN2CCOCC2)c1. The Labute approximate surface area is 147 Å². The molecule has 0 spiro atoms. The average molecular weight is 347 g/mol. The van der Waals surface area contributed by atoms with Gasteiger partial charge in [0.2, 0.25) is 0 Å². The number of aryl methyl sites for hydroxylation is 2. The molecule has 1 aliphatic rings. The molecule has 1 saturated heterocycles. The number of rotatable bonds is 6. The Morgan fingerprint density at radius 2 is 1.92 bits per heavy atom. The summed E-state index contributed by atoms with van der Waals surface area (Å²) >= 11 is 1.60. The monoisotopic (exact) mass is 347 g/mol. The molecule has 0 aliphatic carbocycles. The van der Waals surface area contributed by atoms with Gasteiger partial charge >= 0.3 is 0 Å². The number of β-amino-alcohol motifs (C(OH)–C–C–N with tert-alkyl or cyclic N) is 1. The molecular weight excluding hydrogens is 322 g/mol. The van der Waals surface area contributed by atoms with E-state index in [1.807, 2.05) is 12.4 Å². The molecule has 0 radical (unpaired) electrons. The van der Waals surface area contributed by atoms with Crippen LogP contribution in [0.2, 0.25) is 0 Å². The first-order valence-corrected chi connectivity index (χ1v) is 9.33. The van der Waals surface area contributed by atoms with Crippen molar-refractivity contribution in [2.75, 3.05) is 38.6 Å². The van der Waals surface area contributed by atoms with Crippen LogP contribution in [0.4, 0.5) is 0 Å². The van der Waals surface area contributed by atoms with Crippen molar-refractivity contribution in [3.63, 3.8) is 0 Å². The van der Waals surface area contributed by atoms with Crippen molar-refractivity contribution in [2.45, 2.75) is 25.1 Å². The maximum absolute atomic E-state index is 10.3.